The van der Waals surface area contributed by atoms with Crippen LogP contribution in [0.4, 0.5) is 0 Å². The Morgan fingerprint density at radius 2 is 2.06 bits per heavy atom. The third kappa shape index (κ3) is 1.94. The largest absolute Gasteiger partial charge is 0.382 e. The Hall–Kier alpha value is -1.03. The van der Waals surface area contributed by atoms with E-state index in [1.807, 2.05) is 0 Å². The molecule has 1 aromatic heterocycles. The molecule has 0 bridgehead atoms. The summed E-state index contributed by atoms with van der Waals surface area (Å²) in [5.41, 5.74) is 1.25. The number of aryl methyl sites for hydroxylation is 1. The van der Waals surface area contributed by atoms with Crippen molar-refractivity contribution >= 4 is 23.2 Å². The summed E-state index contributed by atoms with van der Waals surface area (Å²) in [5, 5.41) is 15.0. The molecule has 0 fully saturated rings. The molecule has 0 saturated heterocycles. The Kier molecular flexibility index (Phi) is 3.19. The summed E-state index contributed by atoms with van der Waals surface area (Å²) in [7, 11) is 1.76. The first kappa shape index (κ1) is 11.5. The van der Waals surface area contributed by atoms with Crippen LogP contribution < -0.4 is 0 Å². The number of benzene rings is 1. The highest BCUT2D eigenvalue weighted by Gasteiger charge is 2.17. The van der Waals surface area contributed by atoms with Crippen molar-refractivity contribution in [1.29, 1.82) is 0 Å². The van der Waals surface area contributed by atoms with Crippen molar-refractivity contribution in [2.75, 3.05) is 0 Å². The number of aliphatic hydroxyl groups excluding tert-OH is 1. The highest BCUT2D eigenvalue weighted by atomic mass is 35.5. The second-order valence-corrected chi connectivity index (χ2v) is 4.21. The van der Waals surface area contributed by atoms with Crippen molar-refractivity contribution in [3.05, 3.63) is 51.8 Å². The molecule has 5 heteroatoms. The van der Waals surface area contributed by atoms with E-state index in [9.17, 15) is 5.11 Å². The van der Waals surface area contributed by atoms with Crippen LogP contribution in [0, 0.1) is 0 Å². The molecule has 1 N–H and O–H groups in total. The van der Waals surface area contributed by atoms with Crippen LogP contribution in [0.15, 0.2) is 30.5 Å². The maximum Gasteiger partial charge on any atom is 0.122 e. The zero-order chi connectivity index (χ0) is 11.7. The number of halogens is 2. The highest BCUT2D eigenvalue weighted by Crippen LogP contribution is 2.32. The number of hydrogen-bond acceptors (Lipinski definition) is 2. The molecular weight excluding hydrogens is 247 g/mol. The van der Waals surface area contributed by atoms with Crippen molar-refractivity contribution in [3.8, 4) is 0 Å². The number of rotatable bonds is 2. The minimum atomic E-state index is -0.821. The third-order valence-electron chi connectivity index (χ3n) is 2.42. The Morgan fingerprint density at radius 1 is 1.31 bits per heavy atom. The highest BCUT2D eigenvalue weighted by molar-refractivity contribution is 6.42. The smallest absolute Gasteiger partial charge is 0.122 e. The van der Waals surface area contributed by atoms with Crippen molar-refractivity contribution in [2.45, 2.75) is 6.10 Å². The van der Waals surface area contributed by atoms with Gasteiger partial charge < -0.3 is 5.11 Å². The van der Waals surface area contributed by atoms with E-state index in [2.05, 4.69) is 5.10 Å². The van der Waals surface area contributed by atoms with Crippen LogP contribution in [0.1, 0.15) is 17.4 Å². The molecule has 2 rings (SSSR count). The van der Waals surface area contributed by atoms with Crippen molar-refractivity contribution < 1.29 is 5.11 Å². The zero-order valence-corrected chi connectivity index (χ0v) is 10.1. The molecule has 1 unspecified atom stereocenters. The molecule has 0 amide bonds. The third-order valence-corrected chi connectivity index (χ3v) is 3.25. The molecule has 1 aromatic carbocycles. The molecule has 16 heavy (non-hydrogen) atoms. The van der Waals surface area contributed by atoms with Gasteiger partial charge in [0.1, 0.15) is 6.10 Å². The predicted octanol–water partition coefficient (Wildman–Crippen LogP) is 2.81. The van der Waals surface area contributed by atoms with Crippen molar-refractivity contribution in [1.82, 2.24) is 9.78 Å². The Labute approximate surface area is 103 Å². The molecule has 0 saturated carbocycles. The van der Waals surface area contributed by atoms with Gasteiger partial charge in [-0.3, -0.25) is 4.68 Å². The van der Waals surface area contributed by atoms with Gasteiger partial charge in [-0.2, -0.15) is 5.10 Å². The monoisotopic (exact) mass is 256 g/mol. The topological polar surface area (TPSA) is 38.0 Å². The first-order valence-corrected chi connectivity index (χ1v) is 5.46. The minimum absolute atomic E-state index is 0.373. The lowest BCUT2D eigenvalue weighted by Crippen LogP contribution is -2.07. The maximum absolute atomic E-state index is 10.2. The molecule has 0 radical (unpaired) electrons. The molecule has 1 atom stereocenters. The van der Waals surface area contributed by atoms with Crippen molar-refractivity contribution in [3.63, 3.8) is 0 Å². The van der Waals surface area contributed by atoms with Gasteiger partial charge in [0.25, 0.3) is 0 Å². The molecule has 1 heterocycles. The fourth-order valence-corrected chi connectivity index (χ4v) is 1.95. The van der Waals surface area contributed by atoms with Crippen LogP contribution in [0.25, 0.3) is 0 Å². The molecule has 0 aliphatic heterocycles. The van der Waals surface area contributed by atoms with Crippen LogP contribution in [-0.4, -0.2) is 14.9 Å². The summed E-state index contributed by atoms with van der Waals surface area (Å²) in [5.74, 6) is 0. The maximum atomic E-state index is 10.2. The Balaban J connectivity index is 2.46. The minimum Gasteiger partial charge on any atom is -0.382 e. The summed E-state index contributed by atoms with van der Waals surface area (Å²) in [6, 6.07) is 6.92. The molecule has 3 nitrogen and oxygen atoms in total. The van der Waals surface area contributed by atoms with E-state index in [0.717, 1.165) is 0 Å². The lowest BCUT2D eigenvalue weighted by Gasteiger charge is -2.13. The van der Waals surface area contributed by atoms with Gasteiger partial charge in [0, 0.05) is 18.8 Å². The van der Waals surface area contributed by atoms with Gasteiger partial charge in [0.05, 0.1) is 15.7 Å². The van der Waals surface area contributed by atoms with Gasteiger partial charge in [-0.05, 0) is 12.1 Å². The van der Waals surface area contributed by atoms with Gasteiger partial charge in [0.2, 0.25) is 0 Å². The summed E-state index contributed by atoms with van der Waals surface area (Å²) >= 11 is 11.9. The van der Waals surface area contributed by atoms with Crippen LogP contribution in [-0.2, 0) is 7.05 Å². The molecule has 0 aliphatic rings. The first-order valence-electron chi connectivity index (χ1n) is 4.71. The quantitative estimate of drug-likeness (QED) is 0.898. The summed E-state index contributed by atoms with van der Waals surface area (Å²) < 4.78 is 1.60. The van der Waals surface area contributed by atoms with Gasteiger partial charge in [-0.25, -0.2) is 0 Å². The number of hydrogen-bond donors (Lipinski definition) is 1. The Morgan fingerprint density at radius 3 is 2.69 bits per heavy atom. The van der Waals surface area contributed by atoms with E-state index < -0.39 is 6.10 Å². The van der Waals surface area contributed by atoms with E-state index >= 15 is 0 Å². The lowest BCUT2D eigenvalue weighted by atomic mass is 10.1. The average Bonchev–Trinajstić information content (AvgIpc) is 2.68. The standard InChI is InChI=1S/C11H10Cl2N2O/c1-15-9(5-6-14-15)11(16)7-3-2-4-8(12)10(7)13/h2-6,11,16H,1H3. The van der Waals surface area contributed by atoms with Crippen LogP contribution >= 0.6 is 23.2 Å². The average molecular weight is 257 g/mol. The molecule has 0 aliphatic carbocycles. The van der Waals surface area contributed by atoms with Crippen LogP contribution in [0.2, 0.25) is 10.0 Å². The van der Waals surface area contributed by atoms with Gasteiger partial charge >= 0.3 is 0 Å². The van der Waals surface area contributed by atoms with Gasteiger partial charge in [-0.15, -0.1) is 0 Å². The Bertz CT molecular complexity index is 510. The predicted molar refractivity (Wildman–Crippen MR) is 63.7 cm³/mol. The van der Waals surface area contributed by atoms with E-state index in [0.29, 0.717) is 21.3 Å². The number of aliphatic hydroxyl groups is 1. The second kappa shape index (κ2) is 4.45. The fraction of sp³-hybridized carbons (Fsp3) is 0.182. The van der Waals surface area contributed by atoms with Gasteiger partial charge in [0.15, 0.2) is 0 Å². The number of aromatic nitrogens is 2. The van der Waals surface area contributed by atoms with Gasteiger partial charge in [-0.1, -0.05) is 35.3 Å². The van der Waals surface area contributed by atoms with Crippen LogP contribution in [0.5, 0.6) is 0 Å². The fourth-order valence-electron chi connectivity index (χ4n) is 1.54. The van der Waals surface area contributed by atoms with Crippen molar-refractivity contribution in [2.24, 2.45) is 7.05 Å². The normalized spacial score (nSPS) is 12.8. The van der Waals surface area contributed by atoms with E-state index in [1.165, 1.54) is 0 Å². The number of nitrogens with zero attached hydrogens (tertiary/aromatic N) is 2. The summed E-state index contributed by atoms with van der Waals surface area (Å²) in [6.07, 6.45) is 0.801. The van der Waals surface area contributed by atoms with E-state index in [1.54, 1.807) is 42.2 Å². The first-order chi connectivity index (χ1) is 7.61. The van der Waals surface area contributed by atoms with Crippen LogP contribution in [0.3, 0.4) is 0 Å². The molecular formula is C11H10Cl2N2O. The molecule has 2 aromatic rings. The molecule has 84 valence electrons. The SMILES string of the molecule is Cn1nccc1C(O)c1cccc(Cl)c1Cl. The lowest BCUT2D eigenvalue weighted by molar-refractivity contribution is 0.210. The van der Waals surface area contributed by atoms with E-state index in [-0.39, 0.29) is 0 Å². The molecule has 0 spiro atoms. The summed E-state index contributed by atoms with van der Waals surface area (Å²) in [4.78, 5) is 0. The second-order valence-electron chi connectivity index (χ2n) is 3.43. The summed E-state index contributed by atoms with van der Waals surface area (Å²) in [6.45, 7) is 0. The zero-order valence-electron chi connectivity index (χ0n) is 8.56. The van der Waals surface area contributed by atoms with E-state index in [4.69, 9.17) is 23.2 Å².